The van der Waals surface area contributed by atoms with Crippen molar-refractivity contribution in [2.45, 2.75) is 51.6 Å². The van der Waals surface area contributed by atoms with Crippen molar-refractivity contribution in [1.29, 1.82) is 0 Å². The van der Waals surface area contributed by atoms with Gasteiger partial charge in [0.25, 0.3) is 0 Å². The molecule has 1 aliphatic heterocycles. The summed E-state index contributed by atoms with van der Waals surface area (Å²) in [4.78, 5) is 16.5. The topological polar surface area (TPSA) is 35.6 Å². The molecule has 0 aromatic heterocycles. The smallest absolute Gasteiger partial charge is 0.320 e. The number of benzene rings is 1. The van der Waals surface area contributed by atoms with Gasteiger partial charge in [0.15, 0.2) is 0 Å². The maximum Gasteiger partial charge on any atom is 0.416 e. The largest absolute Gasteiger partial charge is 0.416 e. The highest BCUT2D eigenvalue weighted by Gasteiger charge is 2.43. The molecular formula is C25H30F7N3O. The van der Waals surface area contributed by atoms with Crippen LogP contribution < -0.4 is 5.32 Å². The molecule has 0 saturated carbocycles. The van der Waals surface area contributed by atoms with E-state index in [1.165, 1.54) is 24.1 Å². The van der Waals surface area contributed by atoms with Crippen molar-refractivity contribution < 1.29 is 35.5 Å². The zero-order valence-electron chi connectivity index (χ0n) is 20.5. The number of rotatable bonds is 4. The first kappa shape index (κ1) is 28.0. The van der Waals surface area contributed by atoms with Crippen LogP contribution in [-0.4, -0.2) is 48.6 Å². The summed E-state index contributed by atoms with van der Waals surface area (Å²) in [5.41, 5.74) is -3.70. The van der Waals surface area contributed by atoms with E-state index in [0.29, 0.717) is 31.6 Å². The molecule has 36 heavy (non-hydrogen) atoms. The number of halogens is 7. The molecule has 1 N–H and O–H groups in total. The van der Waals surface area contributed by atoms with E-state index >= 15 is 0 Å². The quantitative estimate of drug-likeness (QED) is 0.455. The van der Waals surface area contributed by atoms with Crippen molar-refractivity contribution in [3.8, 4) is 0 Å². The predicted octanol–water partition coefficient (Wildman–Crippen LogP) is 6.57. The number of amides is 2. The third-order valence-corrected chi connectivity index (χ3v) is 6.91. The average Bonchev–Trinajstić information content (AvgIpc) is 2.79. The van der Waals surface area contributed by atoms with Crippen LogP contribution in [0.3, 0.4) is 0 Å². The van der Waals surface area contributed by atoms with Gasteiger partial charge in [-0.05, 0) is 48.3 Å². The number of alkyl halides is 6. The number of carbonyl (C=O) groups is 1. The number of hydrogen-bond donors (Lipinski definition) is 1. The molecule has 1 heterocycles. The Morgan fingerprint density at radius 1 is 1.11 bits per heavy atom. The molecule has 2 aliphatic rings. The van der Waals surface area contributed by atoms with Gasteiger partial charge in [-0.2, -0.15) is 26.3 Å². The highest BCUT2D eigenvalue weighted by atomic mass is 19.4. The van der Waals surface area contributed by atoms with Crippen LogP contribution in [0.1, 0.15) is 49.9 Å². The van der Waals surface area contributed by atoms with Gasteiger partial charge in [-0.3, -0.25) is 0 Å². The van der Waals surface area contributed by atoms with Gasteiger partial charge in [0.05, 0.1) is 23.2 Å². The summed E-state index contributed by atoms with van der Waals surface area (Å²) >= 11 is 0. The predicted molar refractivity (Wildman–Crippen MR) is 122 cm³/mol. The minimum Gasteiger partial charge on any atom is -0.320 e. The standard InChI is InChI=1S/C25H30F7N3O/c1-15(2)21(16-11-17(24(27,28)29)13-18(12-16)25(30,31)32)34(4)22(36)35-10-9-33-14-20(35)23(3)7-5-19(26)6-8-23/h5-7,11-13,15,20-21,33H,8-10,14H2,1-4H3. The Bertz CT molecular complexity index is 999. The molecule has 1 aromatic rings. The molecule has 200 valence electrons. The normalized spacial score (nSPS) is 24.1. The van der Waals surface area contributed by atoms with Crippen LogP contribution >= 0.6 is 0 Å². The number of allylic oxidation sites excluding steroid dienone is 3. The Labute approximate surface area is 205 Å². The number of nitrogens with one attached hydrogen (secondary N) is 1. The van der Waals surface area contributed by atoms with Gasteiger partial charge < -0.3 is 15.1 Å². The van der Waals surface area contributed by atoms with E-state index in [1.54, 1.807) is 24.8 Å². The second-order valence-electron chi connectivity index (χ2n) is 9.97. The van der Waals surface area contributed by atoms with E-state index in [-0.39, 0.29) is 24.0 Å². The van der Waals surface area contributed by atoms with Crippen molar-refractivity contribution in [3.63, 3.8) is 0 Å². The molecule has 1 aliphatic carbocycles. The first-order chi connectivity index (χ1) is 16.5. The molecule has 11 heteroatoms. The lowest BCUT2D eigenvalue weighted by Crippen LogP contribution is -2.62. The van der Waals surface area contributed by atoms with Gasteiger partial charge in [0.1, 0.15) is 5.83 Å². The van der Waals surface area contributed by atoms with E-state index in [2.05, 4.69) is 5.32 Å². The molecule has 3 unspecified atom stereocenters. The molecule has 1 saturated heterocycles. The van der Waals surface area contributed by atoms with Gasteiger partial charge in [-0.15, -0.1) is 0 Å². The van der Waals surface area contributed by atoms with E-state index in [9.17, 15) is 35.5 Å². The zero-order chi connectivity index (χ0) is 27.1. The monoisotopic (exact) mass is 521 g/mol. The molecule has 3 atom stereocenters. The summed E-state index contributed by atoms with van der Waals surface area (Å²) in [7, 11) is 1.39. The van der Waals surface area contributed by atoms with Gasteiger partial charge in [-0.25, -0.2) is 9.18 Å². The lowest BCUT2D eigenvalue weighted by Gasteiger charge is -2.48. The molecule has 0 spiro atoms. The lowest BCUT2D eigenvalue weighted by molar-refractivity contribution is -0.143. The molecule has 0 bridgehead atoms. The van der Waals surface area contributed by atoms with Gasteiger partial charge in [0.2, 0.25) is 0 Å². The molecule has 2 amide bonds. The Morgan fingerprint density at radius 2 is 1.69 bits per heavy atom. The van der Waals surface area contributed by atoms with Crippen LogP contribution in [0.25, 0.3) is 0 Å². The molecule has 3 rings (SSSR count). The lowest BCUT2D eigenvalue weighted by atomic mass is 9.75. The molecule has 1 aromatic carbocycles. The summed E-state index contributed by atoms with van der Waals surface area (Å²) in [5, 5.41) is 3.21. The summed E-state index contributed by atoms with van der Waals surface area (Å²) in [6.07, 6.45) is -5.18. The van der Waals surface area contributed by atoms with Crippen LogP contribution in [0.5, 0.6) is 0 Å². The average molecular weight is 522 g/mol. The third kappa shape index (κ3) is 5.87. The van der Waals surface area contributed by atoms with Crippen LogP contribution in [0.4, 0.5) is 35.5 Å². The summed E-state index contributed by atoms with van der Waals surface area (Å²) in [5.74, 6) is -0.872. The van der Waals surface area contributed by atoms with Crippen LogP contribution in [0.2, 0.25) is 0 Å². The Morgan fingerprint density at radius 3 is 2.17 bits per heavy atom. The first-order valence-electron chi connectivity index (χ1n) is 11.6. The Kier molecular flexibility index (Phi) is 7.83. The van der Waals surface area contributed by atoms with Gasteiger partial charge in [-0.1, -0.05) is 26.8 Å². The summed E-state index contributed by atoms with van der Waals surface area (Å²) in [6, 6.07) is -0.533. The van der Waals surface area contributed by atoms with Crippen molar-refractivity contribution >= 4 is 6.03 Å². The van der Waals surface area contributed by atoms with Crippen molar-refractivity contribution in [3.05, 3.63) is 58.9 Å². The fourth-order valence-corrected chi connectivity index (χ4v) is 5.02. The molecule has 0 radical (unpaired) electrons. The van der Waals surface area contributed by atoms with E-state index in [4.69, 9.17) is 0 Å². The van der Waals surface area contributed by atoms with Gasteiger partial charge >= 0.3 is 18.4 Å². The van der Waals surface area contributed by atoms with E-state index < -0.39 is 52.9 Å². The van der Waals surface area contributed by atoms with Crippen LogP contribution in [-0.2, 0) is 12.4 Å². The van der Waals surface area contributed by atoms with Crippen LogP contribution in [0, 0.1) is 11.3 Å². The summed E-state index contributed by atoms with van der Waals surface area (Å²) < 4.78 is 94.5. The first-order valence-corrected chi connectivity index (χ1v) is 11.6. The van der Waals surface area contributed by atoms with Crippen molar-refractivity contribution in [2.24, 2.45) is 11.3 Å². The number of piperazine rings is 1. The van der Waals surface area contributed by atoms with Crippen molar-refractivity contribution in [1.82, 2.24) is 15.1 Å². The fraction of sp³-hybridized carbons (Fsp3) is 0.560. The van der Waals surface area contributed by atoms with Crippen molar-refractivity contribution in [2.75, 3.05) is 26.7 Å². The second-order valence-corrected chi connectivity index (χ2v) is 9.97. The van der Waals surface area contributed by atoms with E-state index in [0.717, 1.165) is 0 Å². The highest BCUT2D eigenvalue weighted by Crippen LogP contribution is 2.41. The number of carbonyl (C=O) groups excluding carboxylic acids is 1. The Hall–Kier alpha value is -2.56. The summed E-state index contributed by atoms with van der Waals surface area (Å²) in [6.45, 7) is 6.31. The zero-order valence-corrected chi connectivity index (χ0v) is 20.5. The maximum absolute atomic E-state index is 13.7. The van der Waals surface area contributed by atoms with Crippen LogP contribution in [0.15, 0.2) is 42.3 Å². The second kappa shape index (κ2) is 10.1. The third-order valence-electron chi connectivity index (χ3n) is 6.91. The van der Waals surface area contributed by atoms with E-state index in [1.807, 2.05) is 6.92 Å². The molecule has 1 fully saturated rings. The van der Waals surface area contributed by atoms with Gasteiger partial charge in [0, 0.05) is 32.1 Å². The Balaban J connectivity index is 2.00. The minimum absolute atomic E-state index is 0.0813. The molecular weight excluding hydrogens is 491 g/mol. The number of urea groups is 1. The minimum atomic E-state index is -4.99. The number of nitrogens with zero attached hydrogens (tertiary/aromatic N) is 2. The number of hydrogen-bond acceptors (Lipinski definition) is 2. The maximum atomic E-state index is 13.7. The fourth-order valence-electron chi connectivity index (χ4n) is 5.02. The molecule has 4 nitrogen and oxygen atoms in total. The SMILES string of the molecule is CC(C)C(c1cc(C(F)(F)F)cc(C(F)(F)F)c1)N(C)C(=O)N1CCNCC1C1(C)C=CC(F)=CC1. The highest BCUT2D eigenvalue weighted by molar-refractivity contribution is 5.75.